The average Bonchev–Trinajstić information content (AvgIpc) is 1.38. The van der Waals surface area contributed by atoms with Crippen LogP contribution >= 0.6 is 0 Å². The minimum absolute atomic E-state index is 0.233. The summed E-state index contributed by atoms with van der Waals surface area (Å²) in [6.45, 7) is 1.37. The highest BCUT2D eigenvalue weighted by Crippen LogP contribution is 1.58. The van der Waals surface area contributed by atoms with E-state index in [1.54, 1.807) is 0 Å². The zero-order chi connectivity index (χ0) is 4.28. The summed E-state index contributed by atoms with van der Waals surface area (Å²) in [6.07, 6.45) is 0. The average molecular weight is 87.0 g/mol. The normalized spacial score (nSPS) is 6.60. The van der Waals surface area contributed by atoms with Crippen LogP contribution in [0.5, 0.6) is 0 Å². The van der Waals surface area contributed by atoms with Crippen LogP contribution in [0.2, 0.25) is 0 Å². The molecule has 0 bridgehead atoms. The van der Waals surface area contributed by atoms with E-state index >= 15 is 0 Å². The Morgan fingerprint density at radius 3 is 2.20 bits per heavy atom. The van der Waals surface area contributed by atoms with Gasteiger partial charge in [0.25, 0.3) is 5.97 Å². The molecule has 0 rings (SSSR count). The lowest BCUT2D eigenvalue weighted by atomic mass is 10.9. The highest BCUT2D eigenvalue weighted by atomic mass is 27.1. The van der Waals surface area contributed by atoms with E-state index in [1.165, 1.54) is 23.5 Å². The number of hydrogen-bond donors (Lipinski definition) is 0. The van der Waals surface area contributed by atoms with Gasteiger partial charge in [0.15, 0.2) is 0 Å². The molecule has 0 saturated carbocycles. The van der Waals surface area contributed by atoms with Crippen LogP contribution in [0, 0.1) is 0 Å². The van der Waals surface area contributed by atoms with Gasteiger partial charge in [-0.05, 0) is 0 Å². The molecule has 0 atom stereocenters. The zero-order valence-corrected chi connectivity index (χ0v) is 4.44. The SMILES string of the molecule is CC(=O)[O][AlH]. The molecule has 0 unspecified atom stereocenters. The summed E-state index contributed by atoms with van der Waals surface area (Å²) in [4.78, 5) is 9.60. The number of carbonyl (C=O) groups excluding carboxylic acids is 1. The number of rotatable bonds is 0. The summed E-state index contributed by atoms with van der Waals surface area (Å²) in [5.74, 6) is -0.233. The van der Waals surface area contributed by atoms with Crippen LogP contribution in [0.25, 0.3) is 0 Å². The summed E-state index contributed by atoms with van der Waals surface area (Å²) in [5.41, 5.74) is 0. The topological polar surface area (TPSA) is 26.3 Å². The first-order valence-electron chi connectivity index (χ1n) is 1.20. The van der Waals surface area contributed by atoms with Crippen LogP contribution in [0.1, 0.15) is 6.92 Å². The zero-order valence-electron chi connectivity index (χ0n) is 3.02. The van der Waals surface area contributed by atoms with E-state index in [0.717, 1.165) is 0 Å². The predicted octanol–water partition coefficient (Wildman–Crippen LogP) is -0.635. The van der Waals surface area contributed by atoms with Crippen molar-refractivity contribution < 1.29 is 8.58 Å². The molecular weight excluding hydrogens is 83.0 g/mol. The van der Waals surface area contributed by atoms with Crippen molar-refractivity contribution in [2.45, 2.75) is 6.92 Å². The molecule has 0 heterocycles. The van der Waals surface area contributed by atoms with Crippen LogP contribution < -0.4 is 0 Å². The van der Waals surface area contributed by atoms with Crippen molar-refractivity contribution in [1.29, 1.82) is 0 Å². The van der Waals surface area contributed by atoms with Gasteiger partial charge in [-0.1, -0.05) is 0 Å². The largest absolute Gasteiger partial charge is 0.625 e. The number of carbonyl (C=O) groups is 1. The third kappa shape index (κ3) is 4.00. The van der Waals surface area contributed by atoms with Gasteiger partial charge in [0, 0.05) is 6.92 Å². The van der Waals surface area contributed by atoms with Crippen LogP contribution in [0.15, 0.2) is 0 Å². The van der Waals surface area contributed by atoms with Crippen LogP contribution in [-0.2, 0) is 8.58 Å². The van der Waals surface area contributed by atoms with Gasteiger partial charge in [-0.2, -0.15) is 0 Å². The molecule has 0 fully saturated rings. The molecule has 0 aliphatic heterocycles. The van der Waals surface area contributed by atoms with E-state index in [1.807, 2.05) is 0 Å². The second-order valence-electron chi connectivity index (χ2n) is 0.636. The molecule has 0 aliphatic rings. The molecule has 0 aromatic carbocycles. The minimum atomic E-state index is -0.233. The Bertz CT molecular complexity index is 42.9. The Morgan fingerprint density at radius 1 is 2.00 bits per heavy atom. The molecule has 0 aliphatic carbocycles. The third-order valence-electron chi connectivity index (χ3n) is 0.203. The van der Waals surface area contributed by atoms with Gasteiger partial charge in [-0.15, -0.1) is 0 Å². The van der Waals surface area contributed by atoms with Gasteiger partial charge in [0.05, 0.1) is 0 Å². The summed E-state index contributed by atoms with van der Waals surface area (Å²) in [7, 11) is 0. The highest BCUT2D eigenvalue weighted by molar-refractivity contribution is 6.04. The predicted molar refractivity (Wildman–Crippen MR) is 18.9 cm³/mol. The lowest BCUT2D eigenvalue weighted by Crippen LogP contribution is -1.90. The first kappa shape index (κ1) is 5.00. The van der Waals surface area contributed by atoms with Crippen molar-refractivity contribution in [3.8, 4) is 0 Å². The first-order chi connectivity index (χ1) is 2.27. The maximum absolute atomic E-state index is 9.60. The fraction of sp³-hybridized carbons (Fsp3) is 0.500. The molecule has 3 heteroatoms. The Morgan fingerprint density at radius 2 is 2.20 bits per heavy atom. The van der Waals surface area contributed by atoms with Crippen LogP contribution in [-0.4, -0.2) is 22.6 Å². The maximum atomic E-state index is 9.60. The van der Waals surface area contributed by atoms with Gasteiger partial charge in [-0.25, -0.2) is 0 Å². The lowest BCUT2D eigenvalue weighted by molar-refractivity contribution is -0.131. The fourth-order valence-corrected chi connectivity index (χ4v) is 0. The Kier molecular flexibility index (Phi) is 2.25. The minimum Gasteiger partial charge on any atom is -0.625 e. The lowest BCUT2D eigenvalue weighted by Gasteiger charge is -1.84. The van der Waals surface area contributed by atoms with Crippen molar-refractivity contribution >= 4 is 22.6 Å². The van der Waals surface area contributed by atoms with E-state index in [2.05, 4.69) is 3.79 Å². The number of hydrogen-bond acceptors (Lipinski definition) is 2. The Hall–Kier alpha value is 0.00247. The van der Waals surface area contributed by atoms with Crippen LogP contribution in [0.4, 0.5) is 0 Å². The monoisotopic (exact) mass is 87.0 g/mol. The van der Waals surface area contributed by atoms with Crippen molar-refractivity contribution in [1.82, 2.24) is 0 Å². The van der Waals surface area contributed by atoms with Gasteiger partial charge in [0.2, 0.25) is 0 Å². The summed E-state index contributed by atoms with van der Waals surface area (Å²) in [6, 6.07) is 0. The van der Waals surface area contributed by atoms with E-state index in [0.29, 0.717) is 0 Å². The Labute approximate surface area is 38.9 Å². The van der Waals surface area contributed by atoms with Crippen molar-refractivity contribution in [2.24, 2.45) is 0 Å². The first-order valence-corrected chi connectivity index (χ1v) is 1.77. The van der Waals surface area contributed by atoms with Gasteiger partial charge in [-0.3, -0.25) is 4.79 Å². The van der Waals surface area contributed by atoms with Crippen molar-refractivity contribution in [3.63, 3.8) is 0 Å². The van der Waals surface area contributed by atoms with Gasteiger partial charge >= 0.3 is 16.6 Å². The molecule has 0 N–H and O–H groups in total. The standard InChI is InChI=1S/C2H4O2.Al.H/c1-2(3)4;;/h1H3,(H,3,4);;/q;+1;/p-1. The summed E-state index contributed by atoms with van der Waals surface area (Å²) < 4.78 is 4.14. The second-order valence-corrected chi connectivity index (χ2v) is 0.925. The molecule has 27 valence electrons. The molecule has 0 saturated heterocycles. The molecule has 2 nitrogen and oxygen atoms in total. The molecule has 0 amide bonds. The fourth-order valence-electron chi connectivity index (χ4n) is 0. The Balaban J connectivity index is 2.85. The molecule has 0 aromatic rings. The summed E-state index contributed by atoms with van der Waals surface area (Å²) in [5, 5.41) is 0. The molecule has 5 heavy (non-hydrogen) atoms. The molecular formula is C2H4AlO2. The quantitative estimate of drug-likeness (QED) is 0.367. The highest BCUT2D eigenvalue weighted by Gasteiger charge is 1.74. The second kappa shape index (κ2) is 2.25. The molecule has 0 spiro atoms. The summed E-state index contributed by atoms with van der Waals surface area (Å²) >= 11 is 1.18. The third-order valence-corrected chi connectivity index (χ3v) is 0.610. The van der Waals surface area contributed by atoms with E-state index in [9.17, 15) is 4.79 Å². The van der Waals surface area contributed by atoms with E-state index < -0.39 is 0 Å². The maximum Gasteiger partial charge on any atom is 0.496 e. The molecule has 1 radical (unpaired) electrons. The van der Waals surface area contributed by atoms with Crippen molar-refractivity contribution in [2.75, 3.05) is 0 Å². The van der Waals surface area contributed by atoms with Gasteiger partial charge < -0.3 is 3.79 Å². The molecule has 0 aromatic heterocycles. The van der Waals surface area contributed by atoms with E-state index in [-0.39, 0.29) is 5.97 Å². The van der Waals surface area contributed by atoms with Gasteiger partial charge in [0.1, 0.15) is 0 Å². The van der Waals surface area contributed by atoms with E-state index in [4.69, 9.17) is 0 Å². The van der Waals surface area contributed by atoms with Crippen molar-refractivity contribution in [3.05, 3.63) is 0 Å². The smallest absolute Gasteiger partial charge is 0.496 e. The van der Waals surface area contributed by atoms with Crippen LogP contribution in [0.3, 0.4) is 0 Å².